The summed E-state index contributed by atoms with van der Waals surface area (Å²) in [4.78, 5) is 24.5. The van der Waals surface area contributed by atoms with Crippen molar-refractivity contribution in [3.8, 4) is 0 Å². The Bertz CT molecular complexity index is 734. The average molecular weight is 374 g/mol. The van der Waals surface area contributed by atoms with E-state index >= 15 is 0 Å². The SMILES string of the molecule is CC1NCCCC1NC(=O)c1ccc(NC(=O)c2ccccc2)cc1.Cl. The van der Waals surface area contributed by atoms with E-state index in [2.05, 4.69) is 22.9 Å². The lowest BCUT2D eigenvalue weighted by atomic mass is 9.99. The molecule has 0 aromatic heterocycles. The molecule has 5 nitrogen and oxygen atoms in total. The average Bonchev–Trinajstić information content (AvgIpc) is 2.65. The summed E-state index contributed by atoms with van der Waals surface area (Å²) >= 11 is 0. The van der Waals surface area contributed by atoms with E-state index in [1.807, 2.05) is 18.2 Å². The smallest absolute Gasteiger partial charge is 0.255 e. The molecule has 2 aromatic rings. The molecule has 0 bridgehead atoms. The molecule has 3 rings (SSSR count). The third-order valence-electron chi connectivity index (χ3n) is 4.52. The highest BCUT2D eigenvalue weighted by Gasteiger charge is 2.22. The van der Waals surface area contributed by atoms with Crippen LogP contribution >= 0.6 is 12.4 Å². The topological polar surface area (TPSA) is 70.2 Å². The highest BCUT2D eigenvalue weighted by molar-refractivity contribution is 6.04. The number of rotatable bonds is 4. The van der Waals surface area contributed by atoms with Crippen LogP contribution in [0.2, 0.25) is 0 Å². The molecule has 0 saturated carbocycles. The van der Waals surface area contributed by atoms with E-state index < -0.39 is 0 Å². The van der Waals surface area contributed by atoms with Gasteiger partial charge >= 0.3 is 0 Å². The zero-order chi connectivity index (χ0) is 17.6. The molecular weight excluding hydrogens is 350 g/mol. The highest BCUT2D eigenvalue weighted by Crippen LogP contribution is 2.13. The van der Waals surface area contributed by atoms with Crippen molar-refractivity contribution in [2.45, 2.75) is 31.8 Å². The number of hydrogen-bond donors (Lipinski definition) is 3. The van der Waals surface area contributed by atoms with Crippen molar-refractivity contribution in [2.24, 2.45) is 0 Å². The third kappa shape index (κ3) is 5.07. The van der Waals surface area contributed by atoms with E-state index in [1.54, 1.807) is 36.4 Å². The molecule has 0 spiro atoms. The van der Waals surface area contributed by atoms with Crippen LogP contribution in [0.1, 0.15) is 40.5 Å². The first-order valence-corrected chi connectivity index (χ1v) is 8.64. The van der Waals surface area contributed by atoms with E-state index in [-0.39, 0.29) is 36.3 Å². The molecule has 1 heterocycles. The lowest BCUT2D eigenvalue weighted by Gasteiger charge is -2.30. The maximum absolute atomic E-state index is 12.4. The van der Waals surface area contributed by atoms with Crippen LogP contribution in [0.15, 0.2) is 54.6 Å². The van der Waals surface area contributed by atoms with Crippen molar-refractivity contribution in [1.29, 1.82) is 0 Å². The van der Waals surface area contributed by atoms with Gasteiger partial charge in [0.05, 0.1) is 0 Å². The van der Waals surface area contributed by atoms with Gasteiger partial charge in [-0.2, -0.15) is 0 Å². The number of carbonyl (C=O) groups is 2. The van der Waals surface area contributed by atoms with Gasteiger partial charge in [0.25, 0.3) is 11.8 Å². The lowest BCUT2D eigenvalue weighted by molar-refractivity contribution is 0.0919. The molecule has 0 aliphatic carbocycles. The van der Waals surface area contributed by atoms with Crippen molar-refractivity contribution in [3.63, 3.8) is 0 Å². The van der Waals surface area contributed by atoms with Gasteiger partial charge in [-0.05, 0) is 62.7 Å². The summed E-state index contributed by atoms with van der Waals surface area (Å²) in [5, 5.41) is 9.29. The number of benzene rings is 2. The van der Waals surface area contributed by atoms with Gasteiger partial charge in [-0.25, -0.2) is 0 Å². The second kappa shape index (κ2) is 9.36. The van der Waals surface area contributed by atoms with E-state index in [0.29, 0.717) is 16.8 Å². The van der Waals surface area contributed by atoms with Crippen LogP contribution in [-0.2, 0) is 0 Å². The fourth-order valence-corrected chi connectivity index (χ4v) is 2.99. The predicted octanol–water partition coefficient (Wildman–Crippen LogP) is 3.23. The van der Waals surface area contributed by atoms with E-state index in [4.69, 9.17) is 0 Å². The molecule has 1 fully saturated rings. The molecule has 2 amide bonds. The van der Waals surface area contributed by atoms with Crippen LogP contribution in [0, 0.1) is 0 Å². The van der Waals surface area contributed by atoms with Crippen molar-refractivity contribution in [1.82, 2.24) is 10.6 Å². The largest absolute Gasteiger partial charge is 0.348 e. The summed E-state index contributed by atoms with van der Waals surface area (Å²) in [6.45, 7) is 3.09. The second-order valence-electron chi connectivity index (χ2n) is 6.36. The minimum absolute atomic E-state index is 0. The summed E-state index contributed by atoms with van der Waals surface area (Å²) < 4.78 is 0. The Labute approximate surface area is 160 Å². The Morgan fingerprint density at radius 1 is 0.962 bits per heavy atom. The van der Waals surface area contributed by atoms with Crippen LogP contribution in [-0.4, -0.2) is 30.4 Å². The molecule has 1 aliphatic heterocycles. The van der Waals surface area contributed by atoms with E-state index in [9.17, 15) is 9.59 Å². The number of nitrogens with one attached hydrogen (secondary N) is 3. The number of hydrogen-bond acceptors (Lipinski definition) is 3. The molecule has 1 aliphatic rings. The van der Waals surface area contributed by atoms with Crippen molar-refractivity contribution < 1.29 is 9.59 Å². The Hall–Kier alpha value is -2.37. The van der Waals surface area contributed by atoms with Gasteiger partial charge in [0.1, 0.15) is 0 Å². The van der Waals surface area contributed by atoms with E-state index in [1.165, 1.54) is 0 Å². The fourth-order valence-electron chi connectivity index (χ4n) is 2.99. The Balaban J connectivity index is 0.00000243. The maximum Gasteiger partial charge on any atom is 0.255 e. The normalized spacial score (nSPS) is 19.1. The summed E-state index contributed by atoms with van der Waals surface area (Å²) in [5.41, 5.74) is 1.86. The quantitative estimate of drug-likeness (QED) is 0.770. The highest BCUT2D eigenvalue weighted by atomic mass is 35.5. The van der Waals surface area contributed by atoms with Gasteiger partial charge in [-0.1, -0.05) is 18.2 Å². The molecule has 3 N–H and O–H groups in total. The van der Waals surface area contributed by atoms with Gasteiger partial charge < -0.3 is 16.0 Å². The summed E-state index contributed by atoms with van der Waals surface area (Å²) in [7, 11) is 0. The molecule has 138 valence electrons. The Kier molecular flexibility index (Phi) is 7.18. The zero-order valence-corrected chi connectivity index (χ0v) is 15.5. The molecule has 0 radical (unpaired) electrons. The summed E-state index contributed by atoms with van der Waals surface area (Å²) in [6.07, 6.45) is 2.06. The first-order valence-electron chi connectivity index (χ1n) is 8.64. The van der Waals surface area contributed by atoms with Crippen LogP contribution in [0.3, 0.4) is 0 Å². The van der Waals surface area contributed by atoms with Gasteiger partial charge in [-0.15, -0.1) is 12.4 Å². The Morgan fingerprint density at radius 2 is 1.62 bits per heavy atom. The monoisotopic (exact) mass is 373 g/mol. The van der Waals surface area contributed by atoms with Crippen LogP contribution < -0.4 is 16.0 Å². The molecule has 2 atom stereocenters. The van der Waals surface area contributed by atoms with Crippen LogP contribution in [0.5, 0.6) is 0 Å². The van der Waals surface area contributed by atoms with Gasteiger partial charge in [-0.3, -0.25) is 9.59 Å². The fraction of sp³-hybridized carbons (Fsp3) is 0.300. The van der Waals surface area contributed by atoms with Crippen molar-refractivity contribution >= 4 is 29.9 Å². The first-order chi connectivity index (χ1) is 12.1. The van der Waals surface area contributed by atoms with E-state index in [0.717, 1.165) is 19.4 Å². The first kappa shape index (κ1) is 19.9. The number of carbonyl (C=O) groups excluding carboxylic acids is 2. The molecular formula is C20H24ClN3O2. The minimum atomic E-state index is -0.167. The van der Waals surface area contributed by atoms with Crippen molar-refractivity contribution in [2.75, 3.05) is 11.9 Å². The maximum atomic E-state index is 12.4. The summed E-state index contributed by atoms with van der Waals surface area (Å²) in [5.74, 6) is -0.249. The predicted molar refractivity (Wildman–Crippen MR) is 106 cm³/mol. The number of amides is 2. The number of piperidine rings is 1. The van der Waals surface area contributed by atoms with Gasteiger partial charge in [0.15, 0.2) is 0 Å². The molecule has 2 aromatic carbocycles. The van der Waals surface area contributed by atoms with Crippen molar-refractivity contribution in [3.05, 3.63) is 65.7 Å². The number of halogens is 1. The lowest BCUT2D eigenvalue weighted by Crippen LogP contribution is -2.51. The Morgan fingerprint density at radius 3 is 2.27 bits per heavy atom. The standard InChI is InChI=1S/C20H23N3O2.ClH/c1-14-18(8-5-13-21-14)23-20(25)16-9-11-17(12-10-16)22-19(24)15-6-3-2-4-7-15;/h2-4,6-7,9-12,14,18,21H,5,8,13H2,1H3,(H,22,24)(H,23,25);1H. The molecule has 6 heteroatoms. The molecule has 26 heavy (non-hydrogen) atoms. The second-order valence-corrected chi connectivity index (χ2v) is 6.36. The van der Waals surface area contributed by atoms with Gasteiger partial charge in [0, 0.05) is 28.9 Å². The molecule has 2 unspecified atom stereocenters. The minimum Gasteiger partial charge on any atom is -0.348 e. The third-order valence-corrected chi connectivity index (χ3v) is 4.52. The van der Waals surface area contributed by atoms with Crippen LogP contribution in [0.4, 0.5) is 5.69 Å². The van der Waals surface area contributed by atoms with Crippen LogP contribution in [0.25, 0.3) is 0 Å². The van der Waals surface area contributed by atoms with Gasteiger partial charge in [0.2, 0.25) is 0 Å². The summed E-state index contributed by atoms with van der Waals surface area (Å²) in [6, 6.07) is 16.4. The molecule has 1 saturated heterocycles. The number of anilines is 1. The zero-order valence-electron chi connectivity index (χ0n) is 14.7.